The van der Waals surface area contributed by atoms with Gasteiger partial charge < -0.3 is 5.11 Å². The number of aryl methyl sites for hydroxylation is 2. The molecule has 1 N–H and O–H groups in total. The minimum Gasteiger partial charge on any atom is -0.389 e. The van der Waals surface area contributed by atoms with Crippen LogP contribution < -0.4 is 0 Å². The Kier molecular flexibility index (Phi) is 4.80. The van der Waals surface area contributed by atoms with Crippen LogP contribution in [0.4, 0.5) is 0 Å². The minimum absolute atomic E-state index is 0.609. The van der Waals surface area contributed by atoms with Crippen LogP contribution in [0, 0.1) is 18.8 Å². The van der Waals surface area contributed by atoms with E-state index in [1.54, 1.807) is 0 Å². The normalized spacial score (nSPS) is 27.2. The molecule has 2 rings (SSSR count). The van der Waals surface area contributed by atoms with Crippen molar-refractivity contribution in [2.24, 2.45) is 18.9 Å². The van der Waals surface area contributed by atoms with Gasteiger partial charge >= 0.3 is 0 Å². The zero-order chi connectivity index (χ0) is 14.9. The summed E-state index contributed by atoms with van der Waals surface area (Å²) in [7, 11) is 1.91. The fourth-order valence-electron chi connectivity index (χ4n) is 3.67. The standard InChI is InChI=1S/C16H27ClN2O/c1-11(2)8-13-6-5-7-16(20,9-13)10-14-15(17)12(3)18-19(14)4/h11,13,20H,5-10H2,1-4H3. The zero-order valence-corrected chi connectivity index (χ0v) is 13.9. The lowest BCUT2D eigenvalue weighted by atomic mass is 9.73. The van der Waals surface area contributed by atoms with Crippen LogP contribution in [-0.4, -0.2) is 20.5 Å². The van der Waals surface area contributed by atoms with Crippen LogP contribution in [-0.2, 0) is 13.5 Å². The molecular formula is C16H27ClN2O. The number of halogens is 1. The summed E-state index contributed by atoms with van der Waals surface area (Å²) in [6.07, 6.45) is 5.97. The van der Waals surface area contributed by atoms with Crippen molar-refractivity contribution in [3.8, 4) is 0 Å². The molecule has 0 bridgehead atoms. The number of hydrogen-bond donors (Lipinski definition) is 1. The molecule has 0 spiro atoms. The number of aliphatic hydroxyl groups is 1. The maximum Gasteiger partial charge on any atom is 0.0848 e. The molecule has 1 saturated carbocycles. The summed E-state index contributed by atoms with van der Waals surface area (Å²) in [4.78, 5) is 0. The first-order chi connectivity index (χ1) is 9.31. The van der Waals surface area contributed by atoms with E-state index in [0.717, 1.165) is 30.7 Å². The third-order valence-corrected chi connectivity index (χ3v) is 4.98. The van der Waals surface area contributed by atoms with E-state index in [0.29, 0.717) is 23.3 Å². The maximum atomic E-state index is 11.0. The first kappa shape index (κ1) is 15.8. The molecular weight excluding hydrogens is 272 g/mol. The maximum absolute atomic E-state index is 11.0. The van der Waals surface area contributed by atoms with E-state index < -0.39 is 5.60 Å². The van der Waals surface area contributed by atoms with Crippen LogP contribution in [0.5, 0.6) is 0 Å². The second-order valence-electron chi connectivity index (χ2n) is 6.96. The van der Waals surface area contributed by atoms with Crippen LogP contribution >= 0.6 is 11.6 Å². The Morgan fingerprint density at radius 3 is 2.75 bits per heavy atom. The van der Waals surface area contributed by atoms with E-state index in [9.17, 15) is 5.11 Å². The van der Waals surface area contributed by atoms with Gasteiger partial charge in [-0.1, -0.05) is 38.3 Å². The Bertz CT molecular complexity index is 469. The van der Waals surface area contributed by atoms with Crippen molar-refractivity contribution in [2.45, 2.75) is 64.9 Å². The Morgan fingerprint density at radius 1 is 1.50 bits per heavy atom. The minimum atomic E-state index is -0.609. The van der Waals surface area contributed by atoms with Crippen LogP contribution in [0.15, 0.2) is 0 Å². The van der Waals surface area contributed by atoms with Gasteiger partial charge in [-0.15, -0.1) is 0 Å². The molecule has 0 amide bonds. The Labute approximate surface area is 127 Å². The zero-order valence-electron chi connectivity index (χ0n) is 13.1. The van der Waals surface area contributed by atoms with Gasteiger partial charge in [-0.05, 0) is 38.0 Å². The molecule has 3 nitrogen and oxygen atoms in total. The van der Waals surface area contributed by atoms with Crippen molar-refractivity contribution in [2.75, 3.05) is 0 Å². The summed E-state index contributed by atoms with van der Waals surface area (Å²) in [5, 5.41) is 16.0. The molecule has 1 aliphatic rings. The van der Waals surface area contributed by atoms with Gasteiger partial charge in [0.05, 0.1) is 22.0 Å². The monoisotopic (exact) mass is 298 g/mol. The number of nitrogens with zero attached hydrogens (tertiary/aromatic N) is 2. The van der Waals surface area contributed by atoms with E-state index in [-0.39, 0.29) is 0 Å². The molecule has 114 valence electrons. The molecule has 1 aliphatic carbocycles. The summed E-state index contributed by atoms with van der Waals surface area (Å²) >= 11 is 6.32. The summed E-state index contributed by atoms with van der Waals surface area (Å²) in [6.45, 7) is 6.43. The Balaban J connectivity index is 2.10. The van der Waals surface area contributed by atoms with Gasteiger partial charge in [0.1, 0.15) is 0 Å². The molecule has 1 aromatic rings. The average Bonchev–Trinajstić information content (AvgIpc) is 2.55. The Hall–Kier alpha value is -0.540. The van der Waals surface area contributed by atoms with Gasteiger partial charge in [-0.25, -0.2) is 0 Å². The quantitative estimate of drug-likeness (QED) is 0.915. The third kappa shape index (κ3) is 3.56. The predicted octanol–water partition coefficient (Wildman–Crippen LogP) is 3.89. The lowest BCUT2D eigenvalue weighted by Crippen LogP contribution is -2.38. The lowest BCUT2D eigenvalue weighted by Gasteiger charge is -2.37. The second kappa shape index (κ2) is 6.07. The van der Waals surface area contributed by atoms with E-state index in [1.807, 2.05) is 18.7 Å². The highest BCUT2D eigenvalue weighted by molar-refractivity contribution is 6.31. The molecule has 4 heteroatoms. The number of hydrogen-bond acceptors (Lipinski definition) is 2. The molecule has 20 heavy (non-hydrogen) atoms. The topological polar surface area (TPSA) is 38.0 Å². The fourth-order valence-corrected chi connectivity index (χ4v) is 3.90. The first-order valence-corrected chi connectivity index (χ1v) is 8.09. The van der Waals surface area contributed by atoms with E-state index >= 15 is 0 Å². The highest BCUT2D eigenvalue weighted by atomic mass is 35.5. The van der Waals surface area contributed by atoms with Gasteiger partial charge in [0.15, 0.2) is 0 Å². The predicted molar refractivity (Wildman–Crippen MR) is 83.0 cm³/mol. The third-order valence-electron chi connectivity index (χ3n) is 4.49. The molecule has 1 fully saturated rings. The fraction of sp³-hybridized carbons (Fsp3) is 0.812. The van der Waals surface area contributed by atoms with Crippen LogP contribution in [0.25, 0.3) is 0 Å². The van der Waals surface area contributed by atoms with E-state index in [4.69, 9.17) is 11.6 Å². The summed E-state index contributed by atoms with van der Waals surface area (Å²) in [6, 6.07) is 0. The van der Waals surface area contributed by atoms with Gasteiger partial charge in [0.25, 0.3) is 0 Å². The molecule has 0 radical (unpaired) electrons. The van der Waals surface area contributed by atoms with Crippen LogP contribution in [0.2, 0.25) is 5.02 Å². The van der Waals surface area contributed by atoms with Crippen molar-refractivity contribution in [1.29, 1.82) is 0 Å². The largest absolute Gasteiger partial charge is 0.389 e. The summed E-state index contributed by atoms with van der Waals surface area (Å²) < 4.78 is 1.82. The molecule has 1 aromatic heterocycles. The van der Waals surface area contributed by atoms with Gasteiger partial charge in [0, 0.05) is 13.5 Å². The van der Waals surface area contributed by atoms with Crippen molar-refractivity contribution >= 4 is 11.6 Å². The van der Waals surface area contributed by atoms with Crippen molar-refractivity contribution in [3.05, 3.63) is 16.4 Å². The number of aromatic nitrogens is 2. The highest BCUT2D eigenvalue weighted by Crippen LogP contribution is 2.38. The first-order valence-electron chi connectivity index (χ1n) is 7.71. The molecule has 0 saturated heterocycles. The van der Waals surface area contributed by atoms with Gasteiger partial charge in [-0.3, -0.25) is 4.68 Å². The molecule has 0 aliphatic heterocycles. The Morgan fingerprint density at radius 2 is 2.20 bits per heavy atom. The molecule has 1 heterocycles. The van der Waals surface area contributed by atoms with Crippen LogP contribution in [0.3, 0.4) is 0 Å². The van der Waals surface area contributed by atoms with Crippen molar-refractivity contribution < 1.29 is 5.11 Å². The van der Waals surface area contributed by atoms with Crippen molar-refractivity contribution in [3.63, 3.8) is 0 Å². The summed E-state index contributed by atoms with van der Waals surface area (Å²) in [5.74, 6) is 1.34. The van der Waals surface area contributed by atoms with Crippen molar-refractivity contribution in [1.82, 2.24) is 9.78 Å². The second-order valence-corrected chi connectivity index (χ2v) is 7.34. The lowest BCUT2D eigenvalue weighted by molar-refractivity contribution is -0.0202. The van der Waals surface area contributed by atoms with Gasteiger partial charge in [-0.2, -0.15) is 5.10 Å². The molecule has 2 unspecified atom stereocenters. The molecule has 0 aromatic carbocycles. The average molecular weight is 299 g/mol. The van der Waals surface area contributed by atoms with Crippen LogP contribution in [0.1, 0.15) is 57.3 Å². The molecule has 2 atom stereocenters. The summed E-state index contributed by atoms with van der Waals surface area (Å²) in [5.41, 5.74) is 1.21. The number of rotatable bonds is 4. The SMILES string of the molecule is Cc1nn(C)c(CC2(O)CCCC(CC(C)C)C2)c1Cl. The van der Waals surface area contributed by atoms with E-state index in [1.165, 1.54) is 12.8 Å². The smallest absolute Gasteiger partial charge is 0.0848 e. The van der Waals surface area contributed by atoms with E-state index in [2.05, 4.69) is 18.9 Å². The highest BCUT2D eigenvalue weighted by Gasteiger charge is 2.36. The van der Waals surface area contributed by atoms with Gasteiger partial charge in [0.2, 0.25) is 0 Å².